The molecule has 186 valence electrons. The molecule has 0 spiro atoms. The van der Waals surface area contributed by atoms with E-state index in [2.05, 4.69) is 37.1 Å². The first-order chi connectivity index (χ1) is 16.9. The molecular weight excluding hydrogens is 550 g/mol. The van der Waals surface area contributed by atoms with Crippen LogP contribution < -0.4 is 10.2 Å². The van der Waals surface area contributed by atoms with E-state index in [1.165, 1.54) is 21.1 Å². The minimum Gasteiger partial charge on any atom is -0.351 e. The Morgan fingerprint density at radius 3 is 2.43 bits per heavy atom. The van der Waals surface area contributed by atoms with Crippen molar-refractivity contribution in [3.05, 3.63) is 52.5 Å². The van der Waals surface area contributed by atoms with Gasteiger partial charge in [0.2, 0.25) is 10.0 Å². The lowest BCUT2D eigenvalue weighted by molar-refractivity contribution is 0.0947. The van der Waals surface area contributed by atoms with Gasteiger partial charge in [-0.1, -0.05) is 27.3 Å². The number of hydrogen-bond acceptors (Lipinski definition) is 7. The fourth-order valence-electron chi connectivity index (χ4n) is 4.47. The Labute approximate surface area is 218 Å². The summed E-state index contributed by atoms with van der Waals surface area (Å²) in [6.45, 7) is 6.09. The smallest absolute Gasteiger partial charge is 0.251 e. The van der Waals surface area contributed by atoms with E-state index in [1.54, 1.807) is 23.5 Å². The molecule has 35 heavy (non-hydrogen) atoms. The number of anilines is 1. The van der Waals surface area contributed by atoms with Crippen molar-refractivity contribution in [3.63, 3.8) is 0 Å². The van der Waals surface area contributed by atoms with Crippen LogP contribution in [-0.4, -0.2) is 80.9 Å². The second kappa shape index (κ2) is 10.5. The van der Waals surface area contributed by atoms with E-state index in [0.717, 1.165) is 60.7 Å². The first kappa shape index (κ1) is 24.6. The number of hydrogen-bond donors (Lipinski definition) is 1. The van der Waals surface area contributed by atoms with Crippen molar-refractivity contribution in [2.24, 2.45) is 0 Å². The first-order valence-corrected chi connectivity index (χ1v) is 14.9. The number of rotatable bonds is 7. The summed E-state index contributed by atoms with van der Waals surface area (Å²) in [6, 6.07) is 12.4. The Balaban J connectivity index is 1.08. The Kier molecular flexibility index (Phi) is 7.40. The zero-order valence-electron chi connectivity index (χ0n) is 19.3. The van der Waals surface area contributed by atoms with E-state index in [1.807, 2.05) is 12.1 Å². The van der Waals surface area contributed by atoms with Gasteiger partial charge in [-0.25, -0.2) is 13.4 Å². The van der Waals surface area contributed by atoms with Gasteiger partial charge in [-0.15, -0.1) is 0 Å². The number of amides is 1. The van der Waals surface area contributed by atoms with Crippen LogP contribution >= 0.6 is 27.3 Å². The van der Waals surface area contributed by atoms with Gasteiger partial charge in [0, 0.05) is 62.4 Å². The number of carbonyl (C=O) groups excluding carboxylic acids is 1. The molecule has 2 fully saturated rings. The summed E-state index contributed by atoms with van der Waals surface area (Å²) >= 11 is 5.24. The number of nitrogens with one attached hydrogen (secondary N) is 1. The summed E-state index contributed by atoms with van der Waals surface area (Å²) in [5, 5.41) is 4.01. The van der Waals surface area contributed by atoms with Crippen LogP contribution in [0.4, 0.5) is 5.13 Å². The number of sulfonamides is 1. The number of nitrogens with zero attached hydrogens (tertiary/aromatic N) is 4. The normalized spacial score (nSPS) is 17.8. The van der Waals surface area contributed by atoms with E-state index in [0.29, 0.717) is 25.2 Å². The van der Waals surface area contributed by atoms with Gasteiger partial charge in [-0.2, -0.15) is 4.31 Å². The lowest BCUT2D eigenvalue weighted by Gasteiger charge is -2.34. The standard InChI is InChI=1S/C24H28BrN5O3S2/c25-19-5-8-21-22(17-19)34-24(27-21)29-15-13-28(14-16-29)12-9-26-23(31)18-3-6-20(7-4-18)35(32,33)30-10-1-2-11-30/h3-8,17H,1-2,9-16H2,(H,26,31). The highest BCUT2D eigenvalue weighted by Crippen LogP contribution is 2.31. The summed E-state index contributed by atoms with van der Waals surface area (Å²) < 4.78 is 29.1. The molecule has 2 saturated heterocycles. The lowest BCUT2D eigenvalue weighted by atomic mass is 10.2. The molecule has 5 rings (SSSR count). The molecule has 3 aromatic rings. The summed E-state index contributed by atoms with van der Waals surface area (Å²) in [7, 11) is -3.46. The van der Waals surface area contributed by atoms with Crippen molar-refractivity contribution in [3.8, 4) is 0 Å². The van der Waals surface area contributed by atoms with Gasteiger partial charge in [0.25, 0.3) is 5.91 Å². The third kappa shape index (κ3) is 5.54. The second-order valence-electron chi connectivity index (χ2n) is 8.83. The van der Waals surface area contributed by atoms with E-state index < -0.39 is 10.0 Å². The largest absolute Gasteiger partial charge is 0.351 e. The third-order valence-corrected chi connectivity index (χ3v) is 10.00. The van der Waals surface area contributed by atoms with E-state index in [-0.39, 0.29) is 10.8 Å². The van der Waals surface area contributed by atoms with Crippen LogP contribution in [0.5, 0.6) is 0 Å². The Bertz CT molecular complexity index is 1300. The zero-order valence-corrected chi connectivity index (χ0v) is 22.5. The van der Waals surface area contributed by atoms with Gasteiger partial charge in [-0.3, -0.25) is 9.69 Å². The molecule has 0 atom stereocenters. The van der Waals surface area contributed by atoms with Gasteiger partial charge in [0.1, 0.15) is 0 Å². The monoisotopic (exact) mass is 577 g/mol. The number of aromatic nitrogens is 1. The molecule has 0 unspecified atom stereocenters. The van der Waals surface area contributed by atoms with Gasteiger partial charge in [-0.05, 0) is 55.3 Å². The SMILES string of the molecule is O=C(NCCN1CCN(c2nc3ccc(Br)cc3s2)CC1)c1ccc(S(=O)(=O)N2CCCC2)cc1. The number of halogens is 1. The van der Waals surface area contributed by atoms with Crippen molar-refractivity contribution in [2.45, 2.75) is 17.7 Å². The van der Waals surface area contributed by atoms with Gasteiger partial charge >= 0.3 is 0 Å². The Morgan fingerprint density at radius 1 is 1.00 bits per heavy atom. The molecule has 2 aliphatic heterocycles. The van der Waals surface area contributed by atoms with Crippen molar-refractivity contribution >= 4 is 58.5 Å². The molecule has 1 amide bonds. The first-order valence-electron chi connectivity index (χ1n) is 11.8. The molecule has 0 radical (unpaired) electrons. The molecule has 3 heterocycles. The number of benzene rings is 2. The van der Waals surface area contributed by atoms with Crippen molar-refractivity contribution in [1.82, 2.24) is 19.5 Å². The number of thiazole rings is 1. The number of carbonyl (C=O) groups is 1. The fourth-order valence-corrected chi connectivity index (χ4v) is 7.56. The van der Waals surface area contributed by atoms with E-state index in [9.17, 15) is 13.2 Å². The molecule has 0 bridgehead atoms. The molecule has 0 saturated carbocycles. The quantitative estimate of drug-likeness (QED) is 0.463. The van der Waals surface area contributed by atoms with Gasteiger partial charge in [0.15, 0.2) is 5.13 Å². The van der Waals surface area contributed by atoms with Crippen LogP contribution in [-0.2, 0) is 10.0 Å². The predicted molar refractivity (Wildman–Crippen MR) is 143 cm³/mol. The maximum Gasteiger partial charge on any atom is 0.251 e. The van der Waals surface area contributed by atoms with Crippen LogP contribution in [0.3, 0.4) is 0 Å². The molecule has 11 heteroatoms. The predicted octanol–water partition coefficient (Wildman–Crippen LogP) is 3.40. The molecule has 1 N–H and O–H groups in total. The van der Waals surface area contributed by atoms with Crippen LogP contribution in [0.15, 0.2) is 51.8 Å². The third-order valence-electron chi connectivity index (χ3n) is 6.51. The summed E-state index contributed by atoms with van der Waals surface area (Å²) in [6.07, 6.45) is 1.80. The maximum atomic E-state index is 12.6. The minimum absolute atomic E-state index is 0.186. The number of fused-ring (bicyclic) bond motifs is 1. The molecule has 0 aliphatic carbocycles. The lowest BCUT2D eigenvalue weighted by Crippen LogP contribution is -2.48. The highest BCUT2D eigenvalue weighted by molar-refractivity contribution is 9.10. The Hall–Kier alpha value is -2.05. The van der Waals surface area contributed by atoms with Crippen LogP contribution in [0.25, 0.3) is 10.2 Å². The van der Waals surface area contributed by atoms with E-state index >= 15 is 0 Å². The fraction of sp³-hybridized carbons (Fsp3) is 0.417. The average molecular weight is 579 g/mol. The zero-order chi connectivity index (χ0) is 24.4. The van der Waals surface area contributed by atoms with Gasteiger partial charge in [0.05, 0.1) is 15.1 Å². The van der Waals surface area contributed by atoms with E-state index in [4.69, 9.17) is 4.98 Å². The maximum absolute atomic E-state index is 12.6. The number of piperazine rings is 1. The Morgan fingerprint density at radius 2 is 1.71 bits per heavy atom. The second-order valence-corrected chi connectivity index (χ2v) is 12.7. The minimum atomic E-state index is -3.46. The van der Waals surface area contributed by atoms with Crippen molar-refractivity contribution in [1.29, 1.82) is 0 Å². The van der Waals surface area contributed by atoms with Gasteiger partial charge < -0.3 is 10.2 Å². The van der Waals surface area contributed by atoms with Crippen LogP contribution in [0, 0.1) is 0 Å². The highest BCUT2D eigenvalue weighted by atomic mass is 79.9. The topological polar surface area (TPSA) is 85.9 Å². The molecule has 2 aromatic carbocycles. The highest BCUT2D eigenvalue weighted by Gasteiger charge is 2.27. The average Bonchev–Trinajstić information content (AvgIpc) is 3.55. The summed E-state index contributed by atoms with van der Waals surface area (Å²) in [4.78, 5) is 22.2. The van der Waals surface area contributed by atoms with Crippen LogP contribution in [0.2, 0.25) is 0 Å². The van der Waals surface area contributed by atoms with Crippen molar-refractivity contribution < 1.29 is 13.2 Å². The molecular formula is C24H28BrN5O3S2. The summed E-state index contributed by atoms with van der Waals surface area (Å²) in [5.41, 5.74) is 1.50. The van der Waals surface area contributed by atoms with Crippen molar-refractivity contribution in [2.75, 3.05) is 57.3 Å². The molecule has 1 aromatic heterocycles. The molecule has 8 nitrogen and oxygen atoms in total. The summed E-state index contributed by atoms with van der Waals surface area (Å²) in [5.74, 6) is -0.186. The van der Waals surface area contributed by atoms with Crippen LogP contribution in [0.1, 0.15) is 23.2 Å². The molecule has 2 aliphatic rings.